The summed E-state index contributed by atoms with van der Waals surface area (Å²) in [6, 6.07) is 0. The zero-order valence-electron chi connectivity index (χ0n) is 54.1. The fraction of sp³-hybridized carbons (Fsp3) is 0.800. The predicted molar refractivity (Wildman–Crippen MR) is 353 cm³/mol. The highest BCUT2D eigenvalue weighted by molar-refractivity contribution is 5.71. The van der Waals surface area contributed by atoms with Gasteiger partial charge in [-0.2, -0.15) is 0 Å². The summed E-state index contributed by atoms with van der Waals surface area (Å²) in [4.78, 5) is 38.5. The Morgan fingerprint density at radius 2 is 0.481 bits per heavy atom. The van der Waals surface area contributed by atoms with E-state index in [1.807, 2.05) is 0 Å². The number of ether oxygens (including phenoxy) is 3. The predicted octanol–water partition coefficient (Wildman–Crippen LogP) is 24.4. The van der Waals surface area contributed by atoms with Crippen LogP contribution in [0.2, 0.25) is 0 Å². The number of unbranched alkanes of at least 4 members (excludes halogenated alkanes) is 42. The minimum absolute atomic E-state index is 0.0811. The molecule has 470 valence electrons. The molecule has 0 N–H and O–H groups in total. The monoisotopic (exact) mass is 1130 g/mol. The van der Waals surface area contributed by atoms with E-state index in [1.165, 1.54) is 225 Å². The van der Waals surface area contributed by atoms with Gasteiger partial charge in [-0.05, 0) is 89.9 Å². The van der Waals surface area contributed by atoms with Gasteiger partial charge in [-0.3, -0.25) is 14.4 Å². The Hall–Kier alpha value is -3.15. The van der Waals surface area contributed by atoms with Crippen LogP contribution in [0.25, 0.3) is 0 Å². The summed E-state index contributed by atoms with van der Waals surface area (Å²) in [7, 11) is 0. The van der Waals surface area contributed by atoms with Gasteiger partial charge in [-0.25, -0.2) is 0 Å². The standard InChI is InChI=1S/C75H134O6/c1-4-7-10-13-16-19-22-25-28-31-33-35-37-39-41-44-47-50-53-56-59-62-65-68-74(77)80-71-72(70-79-73(76)67-64-61-58-55-52-49-46-43-30-27-24-21-18-15-12-9-6-3)81-75(78)69-66-63-60-57-54-51-48-45-42-40-38-36-34-32-29-26-23-20-17-14-11-8-5-2/h9,12,18,21-22,25,27,30-31,33,46,49,72H,4-8,10-11,13-17,19-20,23-24,26,28-29,32,34-45,47-48,50-71H2,1-3H3/b12-9-,21-18-,25-22-,30-27-,33-31-,49-46-. The van der Waals surface area contributed by atoms with Crippen LogP contribution in [0.5, 0.6) is 0 Å². The molecule has 6 heteroatoms. The van der Waals surface area contributed by atoms with E-state index in [0.29, 0.717) is 19.3 Å². The highest BCUT2D eigenvalue weighted by atomic mass is 16.6. The third-order valence-electron chi connectivity index (χ3n) is 15.7. The quantitative estimate of drug-likeness (QED) is 0.0261. The number of esters is 3. The zero-order chi connectivity index (χ0) is 58.5. The van der Waals surface area contributed by atoms with Crippen LogP contribution in [0.4, 0.5) is 0 Å². The average Bonchev–Trinajstić information content (AvgIpc) is 3.47. The van der Waals surface area contributed by atoms with Crippen molar-refractivity contribution in [3.8, 4) is 0 Å². The topological polar surface area (TPSA) is 78.9 Å². The van der Waals surface area contributed by atoms with Crippen molar-refractivity contribution < 1.29 is 28.6 Å². The molecule has 0 saturated heterocycles. The van der Waals surface area contributed by atoms with E-state index in [9.17, 15) is 14.4 Å². The number of allylic oxidation sites excluding steroid dienone is 12. The molecule has 0 bridgehead atoms. The average molecular weight is 1130 g/mol. The van der Waals surface area contributed by atoms with Gasteiger partial charge in [0, 0.05) is 19.3 Å². The van der Waals surface area contributed by atoms with Gasteiger partial charge in [-0.1, -0.05) is 331 Å². The van der Waals surface area contributed by atoms with Gasteiger partial charge >= 0.3 is 17.9 Å². The van der Waals surface area contributed by atoms with Crippen LogP contribution in [0.3, 0.4) is 0 Å². The van der Waals surface area contributed by atoms with Gasteiger partial charge in [0.1, 0.15) is 13.2 Å². The first-order valence-corrected chi connectivity index (χ1v) is 35.4. The lowest BCUT2D eigenvalue weighted by Gasteiger charge is -2.18. The number of hydrogen-bond donors (Lipinski definition) is 0. The highest BCUT2D eigenvalue weighted by Gasteiger charge is 2.19. The maximum absolute atomic E-state index is 13.0. The summed E-state index contributed by atoms with van der Waals surface area (Å²) in [5.74, 6) is -0.885. The van der Waals surface area contributed by atoms with Crippen LogP contribution >= 0.6 is 0 Å². The maximum atomic E-state index is 13.0. The molecule has 0 fully saturated rings. The molecule has 0 heterocycles. The summed E-state index contributed by atoms with van der Waals surface area (Å²) in [5, 5.41) is 0. The minimum atomic E-state index is -0.787. The van der Waals surface area contributed by atoms with Crippen molar-refractivity contribution in [1.82, 2.24) is 0 Å². The second-order valence-corrected chi connectivity index (χ2v) is 23.8. The molecular weight excluding hydrogens is 997 g/mol. The Bertz CT molecular complexity index is 1490. The van der Waals surface area contributed by atoms with Gasteiger partial charge in [0.2, 0.25) is 0 Å². The third kappa shape index (κ3) is 67.5. The van der Waals surface area contributed by atoms with E-state index < -0.39 is 6.10 Å². The lowest BCUT2D eigenvalue weighted by Crippen LogP contribution is -2.30. The van der Waals surface area contributed by atoms with Crippen molar-refractivity contribution in [3.05, 3.63) is 72.9 Å². The SMILES string of the molecule is CC/C=C\C/C=C\C/C=C\C/C=C\CCCCCCC(=O)OCC(COC(=O)CCCCCCCCCCCCC/C=C\C/C=C\CCCCCCC)OC(=O)CCCCCCCCCCCCCCCCCCCCCCCCC. The molecule has 0 aliphatic heterocycles. The van der Waals surface area contributed by atoms with Crippen LogP contribution in [0, 0.1) is 0 Å². The van der Waals surface area contributed by atoms with Crippen LogP contribution in [-0.2, 0) is 28.6 Å². The Labute approximate surface area is 503 Å². The van der Waals surface area contributed by atoms with Gasteiger partial charge < -0.3 is 14.2 Å². The third-order valence-corrected chi connectivity index (χ3v) is 15.7. The molecule has 0 radical (unpaired) electrons. The van der Waals surface area contributed by atoms with Crippen molar-refractivity contribution in [2.24, 2.45) is 0 Å². The van der Waals surface area contributed by atoms with Gasteiger partial charge in [0.25, 0.3) is 0 Å². The Kier molecular flexibility index (Phi) is 66.6. The number of carbonyl (C=O) groups excluding carboxylic acids is 3. The molecule has 0 spiro atoms. The molecule has 0 aliphatic rings. The molecule has 81 heavy (non-hydrogen) atoms. The zero-order valence-corrected chi connectivity index (χ0v) is 54.1. The molecule has 1 unspecified atom stereocenters. The molecule has 0 saturated carbocycles. The van der Waals surface area contributed by atoms with Gasteiger partial charge in [0.15, 0.2) is 6.10 Å². The first kappa shape index (κ1) is 77.9. The molecule has 0 aromatic rings. The first-order valence-electron chi connectivity index (χ1n) is 35.4. The molecule has 0 aromatic carbocycles. The Morgan fingerprint density at radius 3 is 0.753 bits per heavy atom. The molecule has 0 amide bonds. The maximum Gasteiger partial charge on any atom is 0.306 e. The van der Waals surface area contributed by atoms with E-state index in [-0.39, 0.29) is 31.1 Å². The lowest BCUT2D eigenvalue weighted by molar-refractivity contribution is -0.167. The first-order chi connectivity index (χ1) is 40.0. The van der Waals surface area contributed by atoms with Gasteiger partial charge in [-0.15, -0.1) is 0 Å². The van der Waals surface area contributed by atoms with Crippen LogP contribution in [0.1, 0.15) is 367 Å². The minimum Gasteiger partial charge on any atom is -0.462 e. The Morgan fingerprint density at radius 1 is 0.259 bits per heavy atom. The normalized spacial score (nSPS) is 12.5. The van der Waals surface area contributed by atoms with Crippen molar-refractivity contribution in [2.75, 3.05) is 13.2 Å². The summed E-state index contributed by atoms with van der Waals surface area (Å²) in [6.07, 6.45) is 90.7. The van der Waals surface area contributed by atoms with E-state index in [2.05, 4.69) is 93.7 Å². The largest absolute Gasteiger partial charge is 0.462 e. The van der Waals surface area contributed by atoms with Crippen molar-refractivity contribution in [2.45, 2.75) is 374 Å². The van der Waals surface area contributed by atoms with E-state index in [1.54, 1.807) is 0 Å². The second-order valence-electron chi connectivity index (χ2n) is 23.8. The smallest absolute Gasteiger partial charge is 0.306 e. The summed E-state index contributed by atoms with van der Waals surface area (Å²) in [6.45, 7) is 6.56. The van der Waals surface area contributed by atoms with E-state index in [0.717, 1.165) is 103 Å². The van der Waals surface area contributed by atoms with E-state index >= 15 is 0 Å². The Balaban J connectivity index is 4.34. The summed E-state index contributed by atoms with van der Waals surface area (Å²) >= 11 is 0. The van der Waals surface area contributed by atoms with Crippen LogP contribution in [0.15, 0.2) is 72.9 Å². The summed E-state index contributed by atoms with van der Waals surface area (Å²) < 4.78 is 17.0. The molecule has 0 aliphatic carbocycles. The van der Waals surface area contributed by atoms with Gasteiger partial charge in [0.05, 0.1) is 0 Å². The molecule has 6 nitrogen and oxygen atoms in total. The van der Waals surface area contributed by atoms with Crippen LogP contribution in [-0.4, -0.2) is 37.2 Å². The fourth-order valence-corrected chi connectivity index (χ4v) is 10.4. The molecule has 0 aromatic heterocycles. The molecule has 1 atom stereocenters. The second kappa shape index (κ2) is 69.3. The highest BCUT2D eigenvalue weighted by Crippen LogP contribution is 2.18. The number of carbonyl (C=O) groups is 3. The molecular formula is C75H134O6. The van der Waals surface area contributed by atoms with Crippen LogP contribution < -0.4 is 0 Å². The summed E-state index contributed by atoms with van der Waals surface area (Å²) in [5.41, 5.74) is 0. The van der Waals surface area contributed by atoms with Crippen molar-refractivity contribution in [1.29, 1.82) is 0 Å². The fourth-order valence-electron chi connectivity index (χ4n) is 10.4. The lowest BCUT2D eigenvalue weighted by atomic mass is 10.0. The van der Waals surface area contributed by atoms with Crippen molar-refractivity contribution in [3.63, 3.8) is 0 Å². The number of hydrogen-bond acceptors (Lipinski definition) is 6. The van der Waals surface area contributed by atoms with Crippen molar-refractivity contribution >= 4 is 17.9 Å². The number of rotatable bonds is 65. The molecule has 0 rings (SSSR count). The van der Waals surface area contributed by atoms with E-state index in [4.69, 9.17) is 14.2 Å².